The first kappa shape index (κ1) is 25.0. The molecule has 3 aromatic rings. The Morgan fingerprint density at radius 3 is 2.47 bits per heavy atom. The van der Waals surface area contributed by atoms with Crippen molar-refractivity contribution >= 4 is 11.6 Å². The van der Waals surface area contributed by atoms with Crippen LogP contribution in [0.4, 0.5) is 18.9 Å². The number of hydrogen-bond donors (Lipinski definition) is 1. The van der Waals surface area contributed by atoms with Crippen LogP contribution in [0.3, 0.4) is 0 Å². The quantitative estimate of drug-likeness (QED) is 0.412. The molecular formula is C23H28F3N5O. The molecular weight excluding hydrogens is 419 g/mol. The maximum absolute atomic E-state index is 13.5. The van der Waals surface area contributed by atoms with Crippen molar-refractivity contribution in [2.75, 3.05) is 5.32 Å². The number of aromatic nitrogens is 4. The Bertz CT molecular complexity index is 970. The molecule has 0 unspecified atom stereocenters. The fraction of sp³-hybridized carbons (Fsp3) is 0.391. The van der Waals surface area contributed by atoms with Crippen LogP contribution in [-0.4, -0.2) is 25.7 Å². The molecule has 0 spiro atoms. The maximum Gasteiger partial charge on any atom is 0.433 e. The van der Waals surface area contributed by atoms with Gasteiger partial charge in [0.2, 0.25) is 5.91 Å². The Labute approximate surface area is 185 Å². The van der Waals surface area contributed by atoms with E-state index in [4.69, 9.17) is 0 Å². The number of nitrogens with zero attached hydrogens (tertiary/aromatic N) is 4. The summed E-state index contributed by atoms with van der Waals surface area (Å²) in [5, 5.41) is 6.78. The van der Waals surface area contributed by atoms with E-state index in [-0.39, 0.29) is 17.4 Å². The third-order valence-corrected chi connectivity index (χ3v) is 4.46. The summed E-state index contributed by atoms with van der Waals surface area (Å²) in [6, 6.07) is 7.12. The highest BCUT2D eigenvalue weighted by atomic mass is 19.4. The molecule has 3 rings (SSSR count). The van der Waals surface area contributed by atoms with Gasteiger partial charge < -0.3 is 5.32 Å². The summed E-state index contributed by atoms with van der Waals surface area (Å²) >= 11 is 0. The minimum atomic E-state index is -4.61. The number of amides is 1. The first-order chi connectivity index (χ1) is 15.4. The lowest BCUT2D eigenvalue weighted by Crippen LogP contribution is -2.15. The SMILES string of the molecule is CC.CCCCCCC(=O)Nc1ccc(-n2nc(-c3cccnc3)cc2C(F)(F)F)nc1. The van der Waals surface area contributed by atoms with E-state index in [0.29, 0.717) is 17.7 Å². The fourth-order valence-corrected chi connectivity index (χ4v) is 2.93. The molecule has 0 aromatic carbocycles. The third kappa shape index (κ3) is 6.90. The minimum Gasteiger partial charge on any atom is -0.325 e. The van der Waals surface area contributed by atoms with E-state index in [2.05, 4.69) is 27.3 Å². The van der Waals surface area contributed by atoms with Crippen molar-refractivity contribution in [1.82, 2.24) is 19.7 Å². The van der Waals surface area contributed by atoms with Crippen molar-refractivity contribution in [2.45, 2.75) is 59.1 Å². The van der Waals surface area contributed by atoms with Crippen LogP contribution >= 0.6 is 0 Å². The van der Waals surface area contributed by atoms with Gasteiger partial charge in [-0.15, -0.1) is 0 Å². The highest BCUT2D eigenvalue weighted by molar-refractivity contribution is 5.90. The molecule has 0 saturated carbocycles. The largest absolute Gasteiger partial charge is 0.433 e. The number of nitrogens with one attached hydrogen (secondary N) is 1. The van der Waals surface area contributed by atoms with Gasteiger partial charge in [0.25, 0.3) is 0 Å². The number of anilines is 1. The van der Waals surface area contributed by atoms with Crippen LogP contribution in [0, 0.1) is 0 Å². The van der Waals surface area contributed by atoms with E-state index in [1.807, 2.05) is 13.8 Å². The number of carbonyl (C=O) groups is 1. The first-order valence-corrected chi connectivity index (χ1v) is 10.7. The minimum absolute atomic E-state index is 0.00147. The van der Waals surface area contributed by atoms with Crippen LogP contribution in [-0.2, 0) is 11.0 Å². The molecule has 1 N–H and O–H groups in total. The molecule has 0 atom stereocenters. The zero-order chi connectivity index (χ0) is 23.6. The molecule has 0 saturated heterocycles. The Hall–Kier alpha value is -3.23. The van der Waals surface area contributed by atoms with Gasteiger partial charge in [-0.25, -0.2) is 9.67 Å². The summed E-state index contributed by atoms with van der Waals surface area (Å²) in [4.78, 5) is 19.9. The molecule has 0 fully saturated rings. The van der Waals surface area contributed by atoms with Gasteiger partial charge in [0.05, 0.1) is 17.6 Å². The second-order valence-corrected chi connectivity index (χ2v) is 6.83. The number of alkyl halides is 3. The smallest absolute Gasteiger partial charge is 0.325 e. The lowest BCUT2D eigenvalue weighted by atomic mass is 10.1. The van der Waals surface area contributed by atoms with E-state index < -0.39 is 11.9 Å². The Kier molecular flexibility index (Phi) is 9.37. The van der Waals surface area contributed by atoms with Gasteiger partial charge in [-0.1, -0.05) is 40.0 Å². The lowest BCUT2D eigenvalue weighted by molar-refractivity contribution is -0.142. The molecule has 0 bridgehead atoms. The zero-order valence-corrected chi connectivity index (χ0v) is 18.5. The molecule has 3 heterocycles. The highest BCUT2D eigenvalue weighted by Gasteiger charge is 2.36. The molecule has 0 radical (unpaired) electrons. The first-order valence-electron chi connectivity index (χ1n) is 10.7. The molecule has 3 aromatic heterocycles. The summed E-state index contributed by atoms with van der Waals surface area (Å²) in [6.45, 7) is 6.09. The number of hydrogen-bond acceptors (Lipinski definition) is 4. The van der Waals surface area contributed by atoms with Gasteiger partial charge in [-0.05, 0) is 36.8 Å². The summed E-state index contributed by atoms with van der Waals surface area (Å²) in [5.74, 6) is -0.145. The topological polar surface area (TPSA) is 72.7 Å². The molecule has 32 heavy (non-hydrogen) atoms. The van der Waals surface area contributed by atoms with Gasteiger partial charge >= 0.3 is 6.18 Å². The standard InChI is InChI=1S/C21H22F3N5O.C2H6/c1-2-3-4-5-8-20(30)27-16-9-10-19(26-14-16)29-18(21(22,23)24)12-17(28-29)15-7-6-11-25-13-15;1-2/h6-7,9-14H,2-5,8H2,1H3,(H,27,30);1-2H3. The molecule has 0 aliphatic rings. The van der Waals surface area contributed by atoms with E-state index in [1.165, 1.54) is 30.7 Å². The van der Waals surface area contributed by atoms with Crippen molar-refractivity contribution < 1.29 is 18.0 Å². The monoisotopic (exact) mass is 447 g/mol. The van der Waals surface area contributed by atoms with E-state index in [1.54, 1.807) is 12.1 Å². The molecule has 1 amide bonds. The number of rotatable bonds is 8. The van der Waals surface area contributed by atoms with Crippen molar-refractivity contribution in [3.63, 3.8) is 0 Å². The van der Waals surface area contributed by atoms with E-state index in [9.17, 15) is 18.0 Å². The van der Waals surface area contributed by atoms with Crippen LogP contribution in [0.1, 0.15) is 58.6 Å². The highest BCUT2D eigenvalue weighted by Crippen LogP contribution is 2.33. The Morgan fingerprint density at radius 1 is 1.09 bits per heavy atom. The van der Waals surface area contributed by atoms with Crippen LogP contribution in [0.5, 0.6) is 0 Å². The van der Waals surface area contributed by atoms with Gasteiger partial charge in [0.1, 0.15) is 0 Å². The van der Waals surface area contributed by atoms with Gasteiger partial charge in [-0.2, -0.15) is 18.3 Å². The third-order valence-electron chi connectivity index (χ3n) is 4.46. The Balaban J connectivity index is 0.00000176. The van der Waals surface area contributed by atoms with Crippen LogP contribution < -0.4 is 5.32 Å². The van der Waals surface area contributed by atoms with Crippen LogP contribution in [0.25, 0.3) is 17.1 Å². The second-order valence-electron chi connectivity index (χ2n) is 6.83. The fourth-order valence-electron chi connectivity index (χ4n) is 2.93. The molecule has 0 aliphatic heterocycles. The van der Waals surface area contributed by atoms with Gasteiger partial charge in [-0.3, -0.25) is 9.78 Å². The normalized spacial score (nSPS) is 10.9. The van der Waals surface area contributed by atoms with E-state index >= 15 is 0 Å². The average molecular weight is 448 g/mol. The molecule has 172 valence electrons. The number of unbranched alkanes of at least 4 members (excludes halogenated alkanes) is 3. The number of pyridine rings is 2. The van der Waals surface area contributed by atoms with Crippen molar-refractivity contribution in [3.05, 3.63) is 54.6 Å². The maximum atomic E-state index is 13.5. The lowest BCUT2D eigenvalue weighted by Gasteiger charge is -2.10. The molecule has 0 aliphatic carbocycles. The van der Waals surface area contributed by atoms with Crippen molar-refractivity contribution in [1.29, 1.82) is 0 Å². The number of halogens is 3. The van der Waals surface area contributed by atoms with Gasteiger partial charge in [0, 0.05) is 24.4 Å². The predicted molar refractivity (Wildman–Crippen MR) is 118 cm³/mol. The zero-order valence-electron chi connectivity index (χ0n) is 18.5. The second kappa shape index (κ2) is 12.0. The van der Waals surface area contributed by atoms with Crippen LogP contribution in [0.15, 0.2) is 48.9 Å². The summed E-state index contributed by atoms with van der Waals surface area (Å²) in [6.07, 6.45) is 4.03. The number of carbonyl (C=O) groups excluding carboxylic acids is 1. The summed E-state index contributed by atoms with van der Waals surface area (Å²) in [7, 11) is 0. The predicted octanol–water partition coefficient (Wildman–Crippen LogP) is 6.28. The van der Waals surface area contributed by atoms with Crippen LogP contribution in [0.2, 0.25) is 0 Å². The average Bonchev–Trinajstić information content (AvgIpc) is 3.26. The van der Waals surface area contributed by atoms with Crippen molar-refractivity contribution in [3.8, 4) is 17.1 Å². The molecule has 6 nitrogen and oxygen atoms in total. The van der Waals surface area contributed by atoms with Gasteiger partial charge in [0.15, 0.2) is 11.5 Å². The van der Waals surface area contributed by atoms with E-state index in [0.717, 1.165) is 36.4 Å². The van der Waals surface area contributed by atoms with Crippen molar-refractivity contribution in [2.24, 2.45) is 0 Å². The molecule has 9 heteroatoms. The summed E-state index contributed by atoms with van der Waals surface area (Å²) < 4.78 is 41.3. The Morgan fingerprint density at radius 2 is 1.88 bits per heavy atom. The summed E-state index contributed by atoms with van der Waals surface area (Å²) in [5.41, 5.74) is 0.0874.